The summed E-state index contributed by atoms with van der Waals surface area (Å²) < 4.78 is 13.0. The molecule has 0 spiro atoms. The number of benzene rings is 4. The van der Waals surface area contributed by atoms with Crippen LogP contribution in [-0.2, 0) is 4.79 Å². The molecule has 0 bridgehead atoms. The molecule has 214 valence electrons. The van der Waals surface area contributed by atoms with Crippen molar-refractivity contribution in [1.82, 2.24) is 14.8 Å². The number of thioether (sulfide) groups is 1. The summed E-state index contributed by atoms with van der Waals surface area (Å²) in [5.74, 6) is 2.11. The topological polar surface area (TPSA) is 78.3 Å². The van der Waals surface area contributed by atoms with Crippen LogP contribution in [0.25, 0.3) is 17.1 Å². The lowest BCUT2D eigenvalue weighted by Crippen LogP contribution is -2.20. The van der Waals surface area contributed by atoms with Gasteiger partial charge in [-0.05, 0) is 72.0 Å². The molecule has 1 amide bonds. The second kappa shape index (κ2) is 13.0. The van der Waals surface area contributed by atoms with Crippen molar-refractivity contribution in [2.24, 2.45) is 0 Å². The first-order chi connectivity index (χ1) is 20.4. The van der Waals surface area contributed by atoms with Crippen molar-refractivity contribution < 1.29 is 14.3 Å². The maximum Gasteiger partial charge on any atom is 0.242 e. The number of aryl methyl sites for hydroxylation is 1. The molecule has 0 fully saturated rings. The lowest BCUT2D eigenvalue weighted by Gasteiger charge is -2.20. The average molecular weight is 579 g/mol. The number of carbonyl (C=O) groups excluding carboxylic acids is 1. The third kappa shape index (κ3) is 6.19. The molecule has 4 aromatic carbocycles. The molecule has 0 aliphatic rings. The van der Waals surface area contributed by atoms with Crippen molar-refractivity contribution in [1.29, 1.82) is 0 Å². The Morgan fingerprint density at radius 1 is 0.857 bits per heavy atom. The molecule has 0 saturated heterocycles. The average Bonchev–Trinajstić information content (AvgIpc) is 3.43. The van der Waals surface area contributed by atoms with Crippen LogP contribution < -0.4 is 14.8 Å². The summed E-state index contributed by atoms with van der Waals surface area (Å²) in [6, 6.07) is 31.4. The van der Waals surface area contributed by atoms with Gasteiger partial charge in [-0.15, -0.1) is 10.2 Å². The third-order valence-electron chi connectivity index (χ3n) is 6.96. The number of carbonyl (C=O) groups is 1. The summed E-state index contributed by atoms with van der Waals surface area (Å²) in [7, 11) is 3.24. The van der Waals surface area contributed by atoms with E-state index in [9.17, 15) is 4.79 Å². The van der Waals surface area contributed by atoms with Crippen molar-refractivity contribution in [3.63, 3.8) is 0 Å². The van der Waals surface area contributed by atoms with Crippen LogP contribution in [0.15, 0.2) is 102 Å². The number of rotatable bonds is 10. The van der Waals surface area contributed by atoms with E-state index in [1.807, 2.05) is 91.9 Å². The molecule has 7 nitrogen and oxygen atoms in total. The molecule has 1 atom stereocenters. The van der Waals surface area contributed by atoms with Crippen LogP contribution in [-0.4, -0.2) is 34.9 Å². The first-order valence-corrected chi connectivity index (χ1v) is 14.6. The van der Waals surface area contributed by atoms with Gasteiger partial charge in [-0.1, -0.05) is 80.2 Å². The molecule has 1 aromatic heterocycles. The highest BCUT2D eigenvalue weighted by molar-refractivity contribution is 8.00. The molecule has 0 aliphatic carbocycles. The van der Waals surface area contributed by atoms with E-state index in [0.717, 1.165) is 33.7 Å². The number of hydrogen-bond donors (Lipinski definition) is 1. The van der Waals surface area contributed by atoms with Gasteiger partial charge in [-0.25, -0.2) is 0 Å². The molecular weight excluding hydrogens is 544 g/mol. The molecule has 1 unspecified atom stereocenters. The van der Waals surface area contributed by atoms with Gasteiger partial charge in [0.05, 0.1) is 25.6 Å². The van der Waals surface area contributed by atoms with Gasteiger partial charge >= 0.3 is 0 Å². The molecule has 5 rings (SSSR count). The Labute approximate surface area is 250 Å². The van der Waals surface area contributed by atoms with E-state index in [1.54, 1.807) is 14.2 Å². The van der Waals surface area contributed by atoms with Gasteiger partial charge in [0.25, 0.3) is 0 Å². The van der Waals surface area contributed by atoms with Crippen molar-refractivity contribution >= 4 is 23.4 Å². The predicted octanol–water partition coefficient (Wildman–Crippen LogP) is 7.86. The standard InChI is InChI=1S/C34H34N4O3S/c1-22(2)27-13-9-10-14-29(27)38-32(25-16-18-26(40-4)19-17-25)36-37-34(38)42-31(24-11-7-6-8-12-24)33(39)35-28-21-23(3)15-20-30(28)41-5/h6-22,31H,1-5H3,(H,35,39). The Kier molecular flexibility index (Phi) is 8.93. The van der Waals surface area contributed by atoms with E-state index in [2.05, 4.69) is 46.1 Å². The summed E-state index contributed by atoms with van der Waals surface area (Å²) in [5, 5.41) is 12.4. The van der Waals surface area contributed by atoms with Crippen LogP contribution in [0.4, 0.5) is 5.69 Å². The normalized spacial score (nSPS) is 11.8. The Morgan fingerprint density at radius 2 is 1.57 bits per heavy atom. The fourth-order valence-corrected chi connectivity index (χ4v) is 5.84. The first kappa shape index (κ1) is 29.0. The zero-order valence-corrected chi connectivity index (χ0v) is 25.2. The third-order valence-corrected chi connectivity index (χ3v) is 8.15. The Balaban J connectivity index is 1.62. The number of methoxy groups -OCH3 is 2. The minimum absolute atomic E-state index is 0.187. The minimum atomic E-state index is -0.616. The SMILES string of the molecule is COc1ccc(-c2nnc(SC(C(=O)Nc3cc(C)ccc3OC)c3ccccc3)n2-c2ccccc2C(C)C)cc1. The van der Waals surface area contributed by atoms with E-state index in [4.69, 9.17) is 9.47 Å². The number of para-hydroxylation sites is 1. The molecule has 42 heavy (non-hydrogen) atoms. The maximum atomic E-state index is 14.0. The van der Waals surface area contributed by atoms with Gasteiger partial charge in [-0.3, -0.25) is 9.36 Å². The van der Waals surface area contributed by atoms with E-state index >= 15 is 0 Å². The van der Waals surface area contributed by atoms with Gasteiger partial charge in [0, 0.05) is 5.56 Å². The number of anilines is 1. The lowest BCUT2D eigenvalue weighted by atomic mass is 10.0. The second-order valence-electron chi connectivity index (χ2n) is 10.2. The highest BCUT2D eigenvalue weighted by Crippen LogP contribution is 2.40. The Bertz CT molecular complexity index is 1670. The van der Waals surface area contributed by atoms with Crippen molar-refractivity contribution in [2.45, 2.75) is 37.1 Å². The smallest absolute Gasteiger partial charge is 0.242 e. The second-order valence-corrected chi connectivity index (χ2v) is 11.3. The number of amides is 1. The van der Waals surface area contributed by atoms with E-state index in [-0.39, 0.29) is 11.8 Å². The molecule has 0 saturated carbocycles. The Morgan fingerprint density at radius 3 is 2.26 bits per heavy atom. The summed E-state index contributed by atoms with van der Waals surface area (Å²) >= 11 is 1.36. The summed E-state index contributed by atoms with van der Waals surface area (Å²) in [6.07, 6.45) is 0. The van der Waals surface area contributed by atoms with E-state index in [0.29, 0.717) is 22.4 Å². The van der Waals surface area contributed by atoms with Crippen LogP contribution in [0, 0.1) is 6.92 Å². The molecular formula is C34H34N4O3S. The van der Waals surface area contributed by atoms with Crippen LogP contribution >= 0.6 is 11.8 Å². The van der Waals surface area contributed by atoms with E-state index < -0.39 is 5.25 Å². The van der Waals surface area contributed by atoms with Gasteiger partial charge in [0.2, 0.25) is 5.91 Å². The van der Waals surface area contributed by atoms with Crippen LogP contribution in [0.2, 0.25) is 0 Å². The first-order valence-electron chi connectivity index (χ1n) is 13.8. The van der Waals surface area contributed by atoms with Crippen LogP contribution in [0.1, 0.15) is 41.7 Å². The highest BCUT2D eigenvalue weighted by atomic mass is 32.2. The van der Waals surface area contributed by atoms with Gasteiger partial charge < -0.3 is 14.8 Å². The molecule has 8 heteroatoms. The zero-order chi connectivity index (χ0) is 29.6. The molecule has 0 radical (unpaired) electrons. The van der Waals surface area contributed by atoms with Crippen molar-refractivity contribution in [3.05, 3.63) is 114 Å². The molecule has 1 N–H and O–H groups in total. The number of hydrogen-bond acceptors (Lipinski definition) is 6. The summed E-state index contributed by atoms with van der Waals surface area (Å²) in [4.78, 5) is 14.0. The lowest BCUT2D eigenvalue weighted by molar-refractivity contribution is -0.115. The number of aromatic nitrogens is 3. The van der Waals surface area contributed by atoms with Gasteiger partial charge in [-0.2, -0.15) is 0 Å². The largest absolute Gasteiger partial charge is 0.497 e. The maximum absolute atomic E-state index is 14.0. The monoisotopic (exact) mass is 578 g/mol. The summed E-state index contributed by atoms with van der Waals surface area (Å²) in [5.41, 5.74) is 5.50. The van der Waals surface area contributed by atoms with Crippen LogP contribution in [0.3, 0.4) is 0 Å². The summed E-state index contributed by atoms with van der Waals surface area (Å²) in [6.45, 7) is 6.31. The van der Waals surface area contributed by atoms with E-state index in [1.165, 1.54) is 11.8 Å². The number of nitrogens with one attached hydrogen (secondary N) is 1. The molecule has 1 heterocycles. The quantitative estimate of drug-likeness (QED) is 0.170. The Hall–Kier alpha value is -4.56. The van der Waals surface area contributed by atoms with Crippen molar-refractivity contribution in [2.75, 3.05) is 19.5 Å². The van der Waals surface area contributed by atoms with Crippen LogP contribution in [0.5, 0.6) is 11.5 Å². The van der Waals surface area contributed by atoms with Gasteiger partial charge in [0.15, 0.2) is 11.0 Å². The number of nitrogens with zero attached hydrogens (tertiary/aromatic N) is 3. The predicted molar refractivity (Wildman–Crippen MR) is 169 cm³/mol. The minimum Gasteiger partial charge on any atom is -0.497 e. The van der Waals surface area contributed by atoms with Crippen molar-refractivity contribution in [3.8, 4) is 28.6 Å². The molecule has 0 aliphatic heterocycles. The zero-order valence-electron chi connectivity index (χ0n) is 24.4. The highest BCUT2D eigenvalue weighted by Gasteiger charge is 2.28. The molecule has 5 aromatic rings. The number of ether oxygens (including phenoxy) is 2. The fraction of sp³-hybridized carbons (Fsp3) is 0.206. The fourth-order valence-electron chi connectivity index (χ4n) is 4.79. The van der Waals surface area contributed by atoms with Gasteiger partial charge in [0.1, 0.15) is 16.7 Å².